The number of carboxylic acids is 1. The van der Waals surface area contributed by atoms with Crippen LogP contribution in [0.25, 0.3) is 32.9 Å². The van der Waals surface area contributed by atoms with Crippen molar-refractivity contribution < 1.29 is 30.0 Å². The molecule has 0 atom stereocenters. The maximum Gasteiger partial charge on any atom is 0.346 e. The molecule has 6 N–H and O–H groups in total. The number of rotatable bonds is 7. The van der Waals surface area contributed by atoms with Crippen LogP contribution in [0.5, 0.6) is 11.5 Å². The number of aromatic amines is 2. The summed E-state index contributed by atoms with van der Waals surface area (Å²) in [6.45, 7) is 1.79. The van der Waals surface area contributed by atoms with E-state index < -0.39 is 17.5 Å². The number of fused-ring (bicyclic) bond motifs is 2. The smallest absolute Gasteiger partial charge is 0.346 e. The van der Waals surface area contributed by atoms with Gasteiger partial charge in [0.15, 0.2) is 0 Å². The number of H-pyrrole nitrogens is 2. The van der Waals surface area contributed by atoms with Crippen LogP contribution in [-0.4, -0.2) is 48.8 Å². The summed E-state index contributed by atoms with van der Waals surface area (Å²) in [5.74, 6) is -2.20. The van der Waals surface area contributed by atoms with Crippen molar-refractivity contribution in [2.75, 3.05) is 6.61 Å². The molecule has 182 valence electrons. The Morgan fingerprint density at radius 1 is 1.03 bits per heavy atom. The number of phenols is 1. The van der Waals surface area contributed by atoms with Gasteiger partial charge in [0.05, 0.1) is 12.2 Å². The maximum atomic E-state index is 13.6. The molecule has 8 nitrogen and oxygen atoms in total. The topological polar surface area (TPSA) is 147 Å². The third kappa shape index (κ3) is 3.84. The Bertz CT molecular complexity index is 1690. The predicted molar refractivity (Wildman–Crippen MR) is 138 cm³/mol. The first kappa shape index (κ1) is 23.4. The van der Waals surface area contributed by atoms with Gasteiger partial charge in [-0.1, -0.05) is 29.8 Å². The van der Waals surface area contributed by atoms with Gasteiger partial charge in [-0.05, 0) is 37.1 Å². The van der Waals surface area contributed by atoms with E-state index in [1.165, 1.54) is 12.1 Å². The number of aromatic nitrogens is 2. The first-order valence-corrected chi connectivity index (χ1v) is 11.9. The number of ketones is 1. The Morgan fingerprint density at radius 3 is 2.58 bits per heavy atom. The molecule has 0 saturated heterocycles. The summed E-state index contributed by atoms with van der Waals surface area (Å²) in [6, 6.07) is 10.1. The lowest BCUT2D eigenvalue weighted by molar-refractivity contribution is 0.0702. The molecule has 3 aromatic heterocycles. The first-order valence-electron chi connectivity index (χ1n) is 11.1. The number of carbonyl (C=O) groups excluding carboxylic acids is 1. The molecule has 0 aliphatic heterocycles. The number of phenolic OH excluding ortho intramolecular Hbond substituents is 1. The van der Waals surface area contributed by atoms with Crippen LogP contribution >= 0.6 is 11.3 Å². The highest BCUT2D eigenvalue weighted by atomic mass is 32.1. The van der Waals surface area contributed by atoms with Crippen LogP contribution in [-0.2, 0) is 6.42 Å². The highest BCUT2D eigenvalue weighted by molar-refractivity contribution is 7.17. The zero-order valence-corrected chi connectivity index (χ0v) is 19.9. The van der Waals surface area contributed by atoms with Crippen LogP contribution < -0.4 is 0 Å². The zero-order valence-electron chi connectivity index (χ0n) is 19.1. The van der Waals surface area contributed by atoms with E-state index in [0.717, 1.165) is 16.7 Å². The molecule has 0 aliphatic carbocycles. The Balaban J connectivity index is 1.63. The number of thiophene rings is 1. The lowest BCUT2D eigenvalue weighted by Crippen LogP contribution is -1.98. The van der Waals surface area contributed by atoms with Crippen LogP contribution in [0.2, 0.25) is 0 Å². The number of hydrogen-bond acceptors (Lipinski definition) is 6. The number of aromatic hydroxyl groups is 2. The van der Waals surface area contributed by atoms with E-state index in [2.05, 4.69) is 9.97 Å². The molecular formula is C27H22N2O6S. The summed E-state index contributed by atoms with van der Waals surface area (Å²) in [7, 11) is 0. The zero-order chi connectivity index (χ0) is 25.6. The second-order valence-corrected chi connectivity index (χ2v) is 9.53. The highest BCUT2D eigenvalue weighted by Gasteiger charge is 2.30. The SMILES string of the molecule is CC(=CCc1cccc2c(C(=O)c3sc(C(=O)O)c(-c4c[nH]c5ccc(O)cc45)c3O)c[nH]c12)CO. The average Bonchev–Trinajstić information content (AvgIpc) is 3.57. The van der Waals surface area contributed by atoms with E-state index in [0.29, 0.717) is 45.2 Å². The first-order chi connectivity index (χ1) is 17.3. The monoisotopic (exact) mass is 502 g/mol. The molecule has 0 aliphatic rings. The molecule has 0 saturated carbocycles. The quantitative estimate of drug-likeness (QED) is 0.133. The van der Waals surface area contributed by atoms with E-state index in [1.54, 1.807) is 24.5 Å². The van der Waals surface area contributed by atoms with Gasteiger partial charge in [0.1, 0.15) is 21.3 Å². The van der Waals surface area contributed by atoms with Crippen molar-refractivity contribution >= 4 is 44.9 Å². The van der Waals surface area contributed by atoms with Gasteiger partial charge >= 0.3 is 5.97 Å². The third-order valence-corrected chi connectivity index (χ3v) is 7.35. The molecule has 9 heteroatoms. The Hall–Kier alpha value is -4.34. The number of hydrogen-bond donors (Lipinski definition) is 6. The number of carbonyl (C=O) groups is 2. The van der Waals surface area contributed by atoms with E-state index in [4.69, 9.17) is 0 Å². The van der Waals surface area contributed by atoms with E-state index in [-0.39, 0.29) is 27.7 Å². The largest absolute Gasteiger partial charge is 0.508 e. The van der Waals surface area contributed by atoms with Crippen molar-refractivity contribution in [1.29, 1.82) is 0 Å². The number of aliphatic hydroxyl groups is 1. The fourth-order valence-corrected chi connectivity index (χ4v) is 5.34. The summed E-state index contributed by atoms with van der Waals surface area (Å²) in [5.41, 5.74) is 3.87. The summed E-state index contributed by atoms with van der Waals surface area (Å²) in [5, 5.41) is 41.4. The number of aromatic carboxylic acids is 1. The van der Waals surface area contributed by atoms with Crippen LogP contribution in [0.3, 0.4) is 0 Å². The summed E-state index contributed by atoms with van der Waals surface area (Å²) >= 11 is 0.715. The Morgan fingerprint density at radius 2 is 1.83 bits per heavy atom. The van der Waals surface area contributed by atoms with E-state index in [1.807, 2.05) is 25.1 Å². The van der Waals surface area contributed by atoms with Gasteiger partial charge in [0, 0.05) is 45.3 Å². The number of allylic oxidation sites excluding steroid dienone is 1. The van der Waals surface area contributed by atoms with Gasteiger partial charge in [-0.15, -0.1) is 11.3 Å². The van der Waals surface area contributed by atoms with Gasteiger partial charge in [-0.2, -0.15) is 0 Å². The minimum Gasteiger partial charge on any atom is -0.508 e. The standard InChI is InChI=1S/C27H22N2O6S/c1-13(12-30)5-6-14-3-2-4-16-19(11-29-22(14)16)23(32)26-24(33)21(25(36-26)27(34)35)18-10-28-20-8-7-15(31)9-17(18)20/h2-5,7-11,28-31,33H,6,12H2,1H3,(H,34,35). The molecule has 0 bridgehead atoms. The van der Waals surface area contributed by atoms with Crippen molar-refractivity contribution in [3.05, 3.63) is 81.3 Å². The third-order valence-electron chi connectivity index (χ3n) is 6.18. The Kier molecular flexibility index (Phi) is 5.87. The van der Waals surface area contributed by atoms with Gasteiger partial charge in [-0.3, -0.25) is 4.79 Å². The lowest BCUT2D eigenvalue weighted by atomic mass is 10.0. The summed E-state index contributed by atoms with van der Waals surface area (Å²) < 4.78 is 0. The highest BCUT2D eigenvalue weighted by Crippen LogP contribution is 2.46. The second kappa shape index (κ2) is 9.03. The number of aliphatic hydroxyl groups excluding tert-OH is 1. The molecule has 5 rings (SSSR count). The van der Waals surface area contributed by atoms with Crippen molar-refractivity contribution in [2.45, 2.75) is 13.3 Å². The molecule has 3 heterocycles. The van der Waals surface area contributed by atoms with Crippen molar-refractivity contribution in [2.24, 2.45) is 0 Å². The normalized spacial score (nSPS) is 12.0. The van der Waals surface area contributed by atoms with Crippen LogP contribution in [0.15, 0.2) is 60.4 Å². The predicted octanol–water partition coefficient (Wildman–Crippen LogP) is 5.20. The molecule has 0 spiro atoms. The fraction of sp³-hybridized carbons (Fsp3) is 0.111. The van der Waals surface area contributed by atoms with Crippen molar-refractivity contribution in [1.82, 2.24) is 9.97 Å². The lowest BCUT2D eigenvalue weighted by Gasteiger charge is -2.03. The van der Waals surface area contributed by atoms with Crippen LogP contribution in [0.1, 0.15) is 37.4 Å². The number of nitrogens with one attached hydrogen (secondary N) is 2. The van der Waals surface area contributed by atoms with Crippen molar-refractivity contribution in [3.8, 4) is 22.6 Å². The number of carboxylic acid groups (broad SMARTS) is 1. The van der Waals surface area contributed by atoms with Crippen LogP contribution in [0.4, 0.5) is 0 Å². The molecule has 36 heavy (non-hydrogen) atoms. The summed E-state index contributed by atoms with van der Waals surface area (Å²) in [6.07, 6.45) is 5.57. The molecular weight excluding hydrogens is 480 g/mol. The average molecular weight is 503 g/mol. The minimum atomic E-state index is -1.27. The molecule has 0 unspecified atom stereocenters. The fourth-order valence-electron chi connectivity index (χ4n) is 4.34. The van der Waals surface area contributed by atoms with Gasteiger partial charge < -0.3 is 30.4 Å². The van der Waals surface area contributed by atoms with Gasteiger partial charge in [0.2, 0.25) is 5.78 Å². The number of para-hydroxylation sites is 1. The molecule has 5 aromatic rings. The van der Waals surface area contributed by atoms with Gasteiger partial charge in [0.25, 0.3) is 0 Å². The number of benzene rings is 2. The van der Waals surface area contributed by atoms with Crippen LogP contribution in [0, 0.1) is 0 Å². The molecule has 2 aromatic carbocycles. The van der Waals surface area contributed by atoms with E-state index >= 15 is 0 Å². The molecule has 0 amide bonds. The molecule has 0 fully saturated rings. The minimum absolute atomic E-state index is 0.00938. The van der Waals surface area contributed by atoms with E-state index in [9.17, 15) is 30.0 Å². The van der Waals surface area contributed by atoms with Crippen molar-refractivity contribution in [3.63, 3.8) is 0 Å². The van der Waals surface area contributed by atoms with Gasteiger partial charge in [-0.25, -0.2) is 4.79 Å². The second-order valence-electron chi connectivity index (χ2n) is 8.51. The summed E-state index contributed by atoms with van der Waals surface area (Å²) in [4.78, 5) is 31.6. The maximum absolute atomic E-state index is 13.6. The Labute approximate surface area is 208 Å². The molecule has 0 radical (unpaired) electrons.